The quantitative estimate of drug-likeness (QED) is 0.686. The predicted octanol–water partition coefficient (Wildman–Crippen LogP) is 3.00. The molecule has 2 aliphatic rings. The molecule has 0 aromatic carbocycles. The molecule has 0 aromatic heterocycles. The van der Waals surface area contributed by atoms with E-state index in [0.717, 1.165) is 37.9 Å². The highest BCUT2D eigenvalue weighted by atomic mass is 19.1. The maximum atomic E-state index is 14.0. The zero-order valence-corrected chi connectivity index (χ0v) is 10.4. The van der Waals surface area contributed by atoms with Crippen LogP contribution in [-0.4, -0.2) is 30.1 Å². The van der Waals surface area contributed by atoms with Gasteiger partial charge in [0.25, 0.3) is 5.91 Å². The van der Waals surface area contributed by atoms with Gasteiger partial charge in [0.15, 0.2) is 0 Å². The van der Waals surface area contributed by atoms with E-state index in [1.807, 2.05) is 24.0 Å². The summed E-state index contributed by atoms with van der Waals surface area (Å²) in [5, 5.41) is 0. The van der Waals surface area contributed by atoms with Crippen molar-refractivity contribution in [3.05, 3.63) is 23.3 Å². The molecule has 1 aliphatic carbocycles. The van der Waals surface area contributed by atoms with Crippen molar-refractivity contribution < 1.29 is 9.18 Å². The number of nitrogens with zero attached hydrogens (tertiary/aromatic N) is 1. The van der Waals surface area contributed by atoms with E-state index in [9.17, 15) is 9.18 Å². The minimum absolute atomic E-state index is 0.0822. The van der Waals surface area contributed by atoms with Crippen LogP contribution < -0.4 is 0 Å². The first-order valence-electron chi connectivity index (χ1n) is 6.51. The van der Waals surface area contributed by atoms with E-state index in [0.29, 0.717) is 12.0 Å². The fourth-order valence-corrected chi connectivity index (χ4v) is 2.55. The summed E-state index contributed by atoms with van der Waals surface area (Å²) in [5.74, 6) is -0.0822. The highest BCUT2D eigenvalue weighted by Gasteiger charge is 2.28. The molecule has 3 heteroatoms. The summed E-state index contributed by atoms with van der Waals surface area (Å²) >= 11 is 0. The minimum atomic E-state index is -1.10. The first-order chi connectivity index (χ1) is 8.20. The topological polar surface area (TPSA) is 20.3 Å². The third-order valence-electron chi connectivity index (χ3n) is 3.57. The lowest BCUT2D eigenvalue weighted by molar-refractivity contribution is -0.128. The average Bonchev–Trinajstić information content (AvgIpc) is 2.51. The third kappa shape index (κ3) is 2.76. The number of hydrogen-bond acceptors (Lipinski definition) is 1. The maximum Gasteiger partial charge on any atom is 0.252 e. The Morgan fingerprint density at radius 3 is 2.76 bits per heavy atom. The number of amides is 1. The number of hydrogen-bond donors (Lipinski definition) is 0. The molecule has 2 rings (SSSR count). The molecule has 0 spiro atoms. The zero-order chi connectivity index (χ0) is 12.3. The Morgan fingerprint density at radius 2 is 2.06 bits per heavy atom. The Hall–Kier alpha value is -1.12. The number of rotatable bonds is 1. The monoisotopic (exact) mass is 237 g/mol. The Balaban J connectivity index is 2.18. The van der Waals surface area contributed by atoms with Crippen LogP contribution in [0.4, 0.5) is 4.39 Å². The van der Waals surface area contributed by atoms with Crippen molar-refractivity contribution in [1.29, 1.82) is 0 Å². The molecule has 1 heterocycles. The predicted molar refractivity (Wildman–Crippen MR) is 66.4 cm³/mol. The van der Waals surface area contributed by atoms with Crippen LogP contribution in [0.3, 0.4) is 0 Å². The highest BCUT2D eigenvalue weighted by Crippen LogP contribution is 2.25. The summed E-state index contributed by atoms with van der Waals surface area (Å²) in [6, 6.07) is 0. The molecule has 1 amide bonds. The number of allylic oxidation sites excluding steroid dienone is 3. The molecule has 94 valence electrons. The van der Waals surface area contributed by atoms with E-state index >= 15 is 0 Å². The van der Waals surface area contributed by atoms with E-state index in [1.165, 1.54) is 6.42 Å². The summed E-state index contributed by atoms with van der Waals surface area (Å²) in [5.41, 5.74) is 1.19. The molecule has 0 aromatic rings. The van der Waals surface area contributed by atoms with E-state index in [1.54, 1.807) is 0 Å². The van der Waals surface area contributed by atoms with Crippen molar-refractivity contribution in [2.45, 2.75) is 45.2 Å². The molecule has 2 nitrogen and oxygen atoms in total. The van der Waals surface area contributed by atoms with Gasteiger partial charge in [0.1, 0.15) is 6.17 Å². The van der Waals surface area contributed by atoms with Crippen LogP contribution in [0.1, 0.15) is 39.0 Å². The first-order valence-corrected chi connectivity index (χ1v) is 6.51. The number of carbonyl (C=O) groups is 1. The summed E-state index contributed by atoms with van der Waals surface area (Å²) in [6.45, 7) is 3.41. The van der Waals surface area contributed by atoms with Crippen LogP contribution in [-0.2, 0) is 4.79 Å². The molecule has 0 radical (unpaired) electrons. The van der Waals surface area contributed by atoms with Crippen LogP contribution >= 0.6 is 0 Å². The highest BCUT2D eigenvalue weighted by molar-refractivity contribution is 5.95. The second-order valence-electron chi connectivity index (χ2n) is 4.90. The van der Waals surface area contributed by atoms with Crippen molar-refractivity contribution >= 4 is 5.91 Å². The van der Waals surface area contributed by atoms with Gasteiger partial charge in [0.2, 0.25) is 0 Å². The van der Waals surface area contributed by atoms with E-state index in [4.69, 9.17) is 0 Å². The smallest absolute Gasteiger partial charge is 0.252 e. The molecule has 17 heavy (non-hydrogen) atoms. The van der Waals surface area contributed by atoms with Gasteiger partial charge in [0.05, 0.1) is 5.57 Å². The fraction of sp³-hybridized carbons (Fsp3) is 0.643. The Morgan fingerprint density at radius 1 is 1.35 bits per heavy atom. The van der Waals surface area contributed by atoms with Crippen molar-refractivity contribution in [1.82, 2.24) is 4.90 Å². The van der Waals surface area contributed by atoms with Crippen LogP contribution in [0.2, 0.25) is 0 Å². The first kappa shape index (κ1) is 12.3. The molecule has 0 bridgehead atoms. The molecular formula is C14H20FNO. The molecular weight excluding hydrogens is 217 g/mol. The van der Waals surface area contributed by atoms with E-state index < -0.39 is 6.17 Å². The lowest BCUT2D eigenvalue weighted by Crippen LogP contribution is -2.38. The Bertz CT molecular complexity index is 353. The standard InChI is InChI=1S/C14H20FNO/c1-11-7-3-4-8-12(15)13(11)14(17)16-9-5-2-6-10-16/h3,7,12H,2,4-6,8-10H2,1H3. The molecule has 1 aliphatic heterocycles. The van der Waals surface area contributed by atoms with Crippen LogP contribution in [0.25, 0.3) is 0 Å². The van der Waals surface area contributed by atoms with Gasteiger partial charge in [-0.1, -0.05) is 12.2 Å². The Kier molecular flexibility index (Phi) is 3.97. The van der Waals surface area contributed by atoms with Crippen molar-refractivity contribution in [3.63, 3.8) is 0 Å². The fourth-order valence-electron chi connectivity index (χ4n) is 2.55. The van der Waals surface area contributed by atoms with E-state index in [-0.39, 0.29) is 5.91 Å². The van der Waals surface area contributed by atoms with Crippen LogP contribution in [0.15, 0.2) is 23.3 Å². The number of alkyl halides is 1. The lowest BCUT2D eigenvalue weighted by Gasteiger charge is -2.28. The largest absolute Gasteiger partial charge is 0.339 e. The van der Waals surface area contributed by atoms with Gasteiger partial charge in [-0.2, -0.15) is 0 Å². The zero-order valence-electron chi connectivity index (χ0n) is 10.4. The maximum absolute atomic E-state index is 14.0. The van der Waals surface area contributed by atoms with Gasteiger partial charge in [0, 0.05) is 13.1 Å². The van der Waals surface area contributed by atoms with Gasteiger partial charge in [-0.05, 0) is 44.6 Å². The molecule has 0 saturated carbocycles. The number of carbonyl (C=O) groups excluding carboxylic acids is 1. The van der Waals surface area contributed by atoms with Crippen LogP contribution in [0, 0.1) is 0 Å². The van der Waals surface area contributed by atoms with Crippen molar-refractivity contribution in [2.75, 3.05) is 13.1 Å². The number of likely N-dealkylation sites (tertiary alicyclic amines) is 1. The summed E-state index contributed by atoms with van der Waals surface area (Å²) < 4.78 is 14.0. The normalized spacial score (nSPS) is 26.0. The van der Waals surface area contributed by atoms with Gasteiger partial charge in [-0.15, -0.1) is 0 Å². The number of piperidine rings is 1. The summed E-state index contributed by atoms with van der Waals surface area (Å²) in [6.07, 6.45) is 7.17. The summed E-state index contributed by atoms with van der Waals surface area (Å²) in [4.78, 5) is 14.1. The SMILES string of the molecule is CC1=C(C(=O)N2CCCCC2)C(F)CCC=C1. The second-order valence-corrected chi connectivity index (χ2v) is 4.90. The second kappa shape index (κ2) is 5.48. The lowest BCUT2D eigenvalue weighted by atomic mass is 10.0. The van der Waals surface area contributed by atoms with E-state index in [2.05, 4.69) is 0 Å². The third-order valence-corrected chi connectivity index (χ3v) is 3.57. The van der Waals surface area contributed by atoms with Crippen molar-refractivity contribution in [2.24, 2.45) is 0 Å². The molecule has 1 fully saturated rings. The molecule has 1 saturated heterocycles. The van der Waals surface area contributed by atoms with Gasteiger partial charge in [-0.25, -0.2) is 4.39 Å². The van der Waals surface area contributed by atoms with Gasteiger partial charge >= 0.3 is 0 Å². The Labute approximate surface area is 102 Å². The molecule has 1 atom stereocenters. The van der Waals surface area contributed by atoms with Crippen molar-refractivity contribution in [3.8, 4) is 0 Å². The summed E-state index contributed by atoms with van der Waals surface area (Å²) in [7, 11) is 0. The average molecular weight is 237 g/mol. The van der Waals surface area contributed by atoms with Gasteiger partial charge in [-0.3, -0.25) is 4.79 Å². The van der Waals surface area contributed by atoms with Crippen LogP contribution in [0.5, 0.6) is 0 Å². The minimum Gasteiger partial charge on any atom is -0.339 e. The molecule has 0 N–H and O–H groups in total. The molecule has 1 unspecified atom stereocenters. The number of halogens is 1. The van der Waals surface area contributed by atoms with Gasteiger partial charge < -0.3 is 4.90 Å².